The molecular weight excluding hydrogens is 198 g/mol. The molecule has 0 bridgehead atoms. The Morgan fingerprint density at radius 1 is 0.938 bits per heavy atom. The number of aromatic hydroxyl groups is 1. The molecule has 0 atom stereocenters. The smallest absolute Gasteiger partial charge is 0.128 e. The first kappa shape index (κ1) is 10.8. The number of hydrogen-bond donors (Lipinski definition) is 2. The number of rotatable bonds is 0. The molecular formula is C14H17NO. The van der Waals surface area contributed by atoms with E-state index >= 15 is 0 Å². The molecule has 0 aliphatic rings. The van der Waals surface area contributed by atoms with Gasteiger partial charge in [-0.15, -0.1) is 0 Å². The molecule has 0 radical (unpaired) electrons. The van der Waals surface area contributed by atoms with Gasteiger partial charge < -0.3 is 10.8 Å². The van der Waals surface area contributed by atoms with Gasteiger partial charge in [-0.2, -0.15) is 0 Å². The van der Waals surface area contributed by atoms with Gasteiger partial charge in [0.05, 0.1) is 0 Å². The average molecular weight is 215 g/mol. The lowest BCUT2D eigenvalue weighted by atomic mass is 9.95. The van der Waals surface area contributed by atoms with Crippen molar-refractivity contribution < 1.29 is 5.11 Å². The van der Waals surface area contributed by atoms with Crippen LogP contribution in [-0.4, -0.2) is 5.11 Å². The molecule has 16 heavy (non-hydrogen) atoms. The van der Waals surface area contributed by atoms with Crippen molar-refractivity contribution >= 4 is 16.5 Å². The van der Waals surface area contributed by atoms with Crippen LogP contribution in [-0.2, 0) is 0 Å². The summed E-state index contributed by atoms with van der Waals surface area (Å²) in [6.07, 6.45) is 0. The molecule has 0 heterocycles. The van der Waals surface area contributed by atoms with Crippen LogP contribution in [0.15, 0.2) is 12.1 Å². The van der Waals surface area contributed by atoms with Gasteiger partial charge in [0.1, 0.15) is 5.75 Å². The van der Waals surface area contributed by atoms with Gasteiger partial charge in [-0.1, -0.05) is 12.1 Å². The van der Waals surface area contributed by atoms with E-state index in [1.807, 2.05) is 27.7 Å². The van der Waals surface area contributed by atoms with Gasteiger partial charge in [0.25, 0.3) is 0 Å². The van der Waals surface area contributed by atoms with E-state index in [1.54, 1.807) is 0 Å². The van der Waals surface area contributed by atoms with E-state index in [-0.39, 0.29) is 0 Å². The summed E-state index contributed by atoms with van der Waals surface area (Å²) in [4.78, 5) is 0. The monoisotopic (exact) mass is 215 g/mol. The van der Waals surface area contributed by atoms with Crippen molar-refractivity contribution in [1.29, 1.82) is 0 Å². The number of phenols is 1. The van der Waals surface area contributed by atoms with Crippen LogP contribution in [0.3, 0.4) is 0 Å². The number of benzene rings is 2. The van der Waals surface area contributed by atoms with Crippen molar-refractivity contribution in [1.82, 2.24) is 0 Å². The number of aryl methyl sites for hydroxylation is 3. The van der Waals surface area contributed by atoms with E-state index in [4.69, 9.17) is 5.73 Å². The summed E-state index contributed by atoms with van der Waals surface area (Å²) >= 11 is 0. The van der Waals surface area contributed by atoms with Gasteiger partial charge in [0.2, 0.25) is 0 Å². The lowest BCUT2D eigenvalue weighted by Crippen LogP contribution is -1.96. The summed E-state index contributed by atoms with van der Waals surface area (Å²) in [6.45, 7) is 7.94. The zero-order chi connectivity index (χ0) is 12.0. The first-order valence-electron chi connectivity index (χ1n) is 5.42. The van der Waals surface area contributed by atoms with Crippen LogP contribution < -0.4 is 5.73 Å². The molecule has 3 N–H and O–H groups in total. The number of anilines is 1. The largest absolute Gasteiger partial charge is 0.507 e. The minimum atomic E-state index is 0.319. The summed E-state index contributed by atoms with van der Waals surface area (Å²) in [5.41, 5.74) is 10.9. The van der Waals surface area contributed by atoms with Crippen LogP contribution in [0.1, 0.15) is 22.3 Å². The number of phenolic OH excluding ortho intramolecular Hbond substituents is 1. The van der Waals surface area contributed by atoms with Gasteiger partial charge in [-0.05, 0) is 55.3 Å². The maximum Gasteiger partial charge on any atom is 0.128 e. The van der Waals surface area contributed by atoms with E-state index in [1.165, 1.54) is 0 Å². The fraction of sp³-hybridized carbons (Fsp3) is 0.286. The zero-order valence-corrected chi connectivity index (χ0v) is 10.2. The summed E-state index contributed by atoms with van der Waals surface area (Å²) in [5, 5.41) is 12.0. The van der Waals surface area contributed by atoms with Gasteiger partial charge in [-0.3, -0.25) is 0 Å². The van der Waals surface area contributed by atoms with Crippen molar-refractivity contribution in [2.75, 3.05) is 5.73 Å². The second-order valence-corrected chi connectivity index (χ2v) is 4.51. The molecule has 0 amide bonds. The van der Waals surface area contributed by atoms with Crippen LogP contribution in [0, 0.1) is 27.7 Å². The van der Waals surface area contributed by atoms with Crippen LogP contribution in [0.4, 0.5) is 5.69 Å². The predicted octanol–water partition coefficient (Wildman–Crippen LogP) is 3.36. The van der Waals surface area contributed by atoms with Gasteiger partial charge in [0, 0.05) is 11.1 Å². The molecule has 0 unspecified atom stereocenters. The highest BCUT2D eigenvalue weighted by molar-refractivity contribution is 6.02. The van der Waals surface area contributed by atoms with Gasteiger partial charge in [0.15, 0.2) is 0 Å². The lowest BCUT2D eigenvalue weighted by molar-refractivity contribution is 0.477. The third-order valence-corrected chi connectivity index (χ3v) is 3.37. The Bertz CT molecular complexity index is 585. The molecule has 84 valence electrons. The molecule has 0 aromatic heterocycles. The molecule has 2 rings (SSSR count). The van der Waals surface area contributed by atoms with Crippen LogP contribution in [0.25, 0.3) is 10.8 Å². The Balaban J connectivity index is 3.07. The Morgan fingerprint density at radius 3 is 2.19 bits per heavy atom. The molecule has 0 spiro atoms. The Kier molecular flexibility index (Phi) is 2.30. The second-order valence-electron chi connectivity index (χ2n) is 4.51. The standard InChI is InChI=1S/C14H17NO/c1-7-6-11-8(2)5-9(3)13(15)12(11)14(16)10(7)4/h5-6,16H,15H2,1-4H3. The second kappa shape index (κ2) is 3.41. The predicted molar refractivity (Wildman–Crippen MR) is 69.0 cm³/mol. The van der Waals surface area contributed by atoms with E-state index in [0.29, 0.717) is 11.4 Å². The first-order chi connectivity index (χ1) is 7.43. The molecule has 2 nitrogen and oxygen atoms in total. The maximum atomic E-state index is 10.2. The minimum absolute atomic E-state index is 0.319. The third kappa shape index (κ3) is 1.33. The number of nitrogens with two attached hydrogens (primary N) is 1. The zero-order valence-electron chi connectivity index (χ0n) is 10.2. The lowest BCUT2D eigenvalue weighted by Gasteiger charge is -2.14. The molecule has 2 aromatic carbocycles. The van der Waals surface area contributed by atoms with Gasteiger partial charge >= 0.3 is 0 Å². The van der Waals surface area contributed by atoms with E-state index in [2.05, 4.69) is 12.1 Å². The number of hydrogen-bond acceptors (Lipinski definition) is 2. The van der Waals surface area contributed by atoms with Gasteiger partial charge in [-0.25, -0.2) is 0 Å². The van der Waals surface area contributed by atoms with Crippen molar-refractivity contribution in [2.24, 2.45) is 0 Å². The van der Waals surface area contributed by atoms with Crippen LogP contribution in [0.2, 0.25) is 0 Å². The highest BCUT2D eigenvalue weighted by Crippen LogP contribution is 2.38. The maximum absolute atomic E-state index is 10.2. The Hall–Kier alpha value is -1.70. The fourth-order valence-corrected chi connectivity index (χ4v) is 2.16. The average Bonchev–Trinajstić information content (AvgIpc) is 2.22. The molecule has 0 aliphatic heterocycles. The van der Waals surface area contributed by atoms with Crippen LogP contribution >= 0.6 is 0 Å². The van der Waals surface area contributed by atoms with E-state index < -0.39 is 0 Å². The Morgan fingerprint density at radius 2 is 1.56 bits per heavy atom. The van der Waals surface area contributed by atoms with E-state index in [9.17, 15) is 5.11 Å². The van der Waals surface area contributed by atoms with Crippen molar-refractivity contribution in [2.45, 2.75) is 27.7 Å². The van der Waals surface area contributed by atoms with Crippen LogP contribution in [0.5, 0.6) is 5.75 Å². The normalized spacial score (nSPS) is 11.0. The van der Waals surface area contributed by atoms with Crippen molar-refractivity contribution in [3.05, 3.63) is 34.4 Å². The molecule has 2 aromatic rings. The fourth-order valence-electron chi connectivity index (χ4n) is 2.16. The third-order valence-electron chi connectivity index (χ3n) is 3.37. The molecule has 0 saturated carbocycles. The molecule has 0 saturated heterocycles. The SMILES string of the molecule is Cc1cc2c(C)cc(C)c(N)c2c(O)c1C. The van der Waals surface area contributed by atoms with Crippen molar-refractivity contribution in [3.63, 3.8) is 0 Å². The summed E-state index contributed by atoms with van der Waals surface area (Å²) in [6, 6.07) is 4.15. The molecule has 0 aliphatic carbocycles. The highest BCUT2D eigenvalue weighted by Gasteiger charge is 2.12. The first-order valence-corrected chi connectivity index (χ1v) is 5.42. The summed E-state index contributed by atoms with van der Waals surface area (Å²) in [7, 11) is 0. The Labute approximate surface area is 95.7 Å². The molecule has 2 heteroatoms. The highest BCUT2D eigenvalue weighted by atomic mass is 16.3. The summed E-state index contributed by atoms with van der Waals surface area (Å²) < 4.78 is 0. The number of fused-ring (bicyclic) bond motifs is 1. The minimum Gasteiger partial charge on any atom is -0.507 e. The quantitative estimate of drug-likeness (QED) is 0.662. The molecule has 0 fully saturated rings. The topological polar surface area (TPSA) is 46.2 Å². The van der Waals surface area contributed by atoms with E-state index in [0.717, 1.165) is 33.0 Å². The summed E-state index contributed by atoms with van der Waals surface area (Å²) in [5.74, 6) is 0.319. The number of nitrogen functional groups attached to an aromatic ring is 1. The van der Waals surface area contributed by atoms with Crippen molar-refractivity contribution in [3.8, 4) is 5.75 Å².